The van der Waals surface area contributed by atoms with Crippen LogP contribution in [0.1, 0.15) is 38.1 Å². The van der Waals surface area contributed by atoms with E-state index in [9.17, 15) is 0 Å². The lowest BCUT2D eigenvalue weighted by Gasteiger charge is -2.07. The zero-order valence-electron chi connectivity index (χ0n) is 9.19. The van der Waals surface area contributed by atoms with Crippen LogP contribution in [0.2, 0.25) is 0 Å². The molecule has 0 aliphatic heterocycles. The van der Waals surface area contributed by atoms with Gasteiger partial charge in [-0.2, -0.15) is 0 Å². The molecule has 15 heavy (non-hydrogen) atoms. The summed E-state index contributed by atoms with van der Waals surface area (Å²) in [6, 6.07) is 0.716. The highest BCUT2D eigenvalue weighted by Crippen LogP contribution is 2.22. The maximum Gasteiger partial charge on any atom is 0.294 e. The van der Waals surface area contributed by atoms with Crippen molar-refractivity contribution in [1.29, 1.82) is 0 Å². The number of nitrogens with one attached hydrogen (secondary N) is 1. The normalized spacial score (nSPS) is 17.7. The average Bonchev–Trinajstić information content (AvgIpc) is 2.97. The predicted molar refractivity (Wildman–Crippen MR) is 60.2 cm³/mol. The lowest BCUT2D eigenvalue weighted by atomic mass is 10.3. The third-order valence-corrected chi connectivity index (χ3v) is 3.26. The van der Waals surface area contributed by atoms with Crippen LogP contribution in [-0.4, -0.2) is 22.3 Å². The number of rotatable bonds is 6. The molecule has 1 saturated carbocycles. The summed E-state index contributed by atoms with van der Waals surface area (Å²) in [7, 11) is 0. The van der Waals surface area contributed by atoms with Gasteiger partial charge in [-0.15, -0.1) is 5.10 Å². The van der Waals surface area contributed by atoms with Crippen LogP contribution in [-0.2, 0) is 6.54 Å². The largest absolute Gasteiger partial charge is 0.466 e. The molecule has 0 amide bonds. The minimum atomic E-state index is 0.224. The topological polar surface area (TPSA) is 47.0 Å². The van der Waals surface area contributed by atoms with Gasteiger partial charge in [0.1, 0.15) is 5.01 Å². The number of hydrogen-bond acceptors (Lipinski definition) is 5. The molecule has 1 heterocycles. The lowest BCUT2D eigenvalue weighted by Crippen LogP contribution is -2.14. The Kier molecular flexibility index (Phi) is 3.53. The summed E-state index contributed by atoms with van der Waals surface area (Å²) in [5.41, 5.74) is 0. The highest BCUT2D eigenvalue weighted by molar-refractivity contribution is 7.13. The summed E-state index contributed by atoms with van der Waals surface area (Å²) >= 11 is 1.54. The molecule has 0 spiro atoms. The van der Waals surface area contributed by atoms with E-state index < -0.39 is 0 Å². The summed E-state index contributed by atoms with van der Waals surface area (Å²) in [6.07, 6.45) is 3.82. The smallest absolute Gasteiger partial charge is 0.294 e. The molecule has 1 aromatic heterocycles. The molecule has 1 N–H and O–H groups in total. The van der Waals surface area contributed by atoms with Gasteiger partial charge in [0.25, 0.3) is 5.19 Å². The first kappa shape index (κ1) is 10.8. The summed E-state index contributed by atoms with van der Waals surface area (Å²) in [6.45, 7) is 4.97. The Hall–Kier alpha value is -0.680. The monoisotopic (exact) mass is 227 g/mol. The Balaban J connectivity index is 1.79. The van der Waals surface area contributed by atoms with Crippen molar-refractivity contribution in [3.8, 4) is 5.19 Å². The molecule has 0 saturated heterocycles. The Labute approximate surface area is 94.1 Å². The summed E-state index contributed by atoms with van der Waals surface area (Å²) < 4.78 is 5.58. The lowest BCUT2D eigenvalue weighted by molar-refractivity contribution is 0.215. The highest BCUT2D eigenvalue weighted by atomic mass is 32.1. The molecule has 0 aromatic carbocycles. The van der Waals surface area contributed by atoms with Crippen molar-refractivity contribution < 1.29 is 4.74 Å². The van der Waals surface area contributed by atoms with E-state index >= 15 is 0 Å². The van der Waals surface area contributed by atoms with Gasteiger partial charge < -0.3 is 10.1 Å². The van der Waals surface area contributed by atoms with Gasteiger partial charge in [-0.1, -0.05) is 23.4 Å². The molecule has 1 fully saturated rings. The second kappa shape index (κ2) is 4.90. The van der Waals surface area contributed by atoms with Crippen molar-refractivity contribution in [1.82, 2.24) is 15.5 Å². The maximum absolute atomic E-state index is 5.58. The number of ether oxygens (including phenoxy) is 1. The fourth-order valence-corrected chi connectivity index (χ4v) is 1.86. The van der Waals surface area contributed by atoms with E-state index in [2.05, 4.69) is 22.4 Å². The molecule has 1 unspecified atom stereocenters. The van der Waals surface area contributed by atoms with Gasteiger partial charge in [-0.05, 0) is 26.2 Å². The van der Waals surface area contributed by atoms with Crippen LogP contribution in [0.25, 0.3) is 0 Å². The van der Waals surface area contributed by atoms with E-state index in [0.717, 1.165) is 18.0 Å². The van der Waals surface area contributed by atoms with Gasteiger partial charge in [0, 0.05) is 6.04 Å². The molecular weight excluding hydrogens is 210 g/mol. The second-order valence-corrected chi connectivity index (χ2v) is 4.98. The predicted octanol–water partition coefficient (Wildman–Crippen LogP) is 1.97. The SMILES string of the molecule is CCC(C)Oc1nnc(CNC2CC2)s1. The summed E-state index contributed by atoms with van der Waals surface area (Å²) in [5, 5.41) is 13.2. The van der Waals surface area contributed by atoms with Gasteiger partial charge in [0.05, 0.1) is 12.6 Å². The van der Waals surface area contributed by atoms with Crippen LogP contribution in [0.5, 0.6) is 5.19 Å². The zero-order valence-corrected chi connectivity index (χ0v) is 10.0. The number of aromatic nitrogens is 2. The van der Waals surface area contributed by atoms with Gasteiger partial charge in [0.15, 0.2) is 0 Å². The molecule has 4 nitrogen and oxygen atoms in total. The van der Waals surface area contributed by atoms with Crippen LogP contribution in [0.15, 0.2) is 0 Å². The van der Waals surface area contributed by atoms with Crippen LogP contribution >= 0.6 is 11.3 Å². The Morgan fingerprint density at radius 3 is 3.00 bits per heavy atom. The number of hydrogen-bond donors (Lipinski definition) is 1. The average molecular weight is 227 g/mol. The minimum Gasteiger partial charge on any atom is -0.466 e. The molecule has 1 atom stereocenters. The molecule has 1 aliphatic rings. The molecule has 0 bridgehead atoms. The van der Waals surface area contributed by atoms with Crippen LogP contribution in [0.4, 0.5) is 0 Å². The standard InChI is InChI=1S/C10H17N3OS/c1-3-7(2)14-10-13-12-9(15-10)6-11-8-4-5-8/h7-8,11H,3-6H2,1-2H3. The van der Waals surface area contributed by atoms with Crippen LogP contribution in [0, 0.1) is 0 Å². The van der Waals surface area contributed by atoms with Crippen molar-refractivity contribution >= 4 is 11.3 Å². The molecule has 1 aliphatic carbocycles. The van der Waals surface area contributed by atoms with E-state index in [4.69, 9.17) is 4.74 Å². The van der Waals surface area contributed by atoms with Crippen molar-refractivity contribution in [3.05, 3.63) is 5.01 Å². The van der Waals surface area contributed by atoms with Crippen molar-refractivity contribution in [2.45, 2.75) is 51.8 Å². The quantitative estimate of drug-likeness (QED) is 0.807. The molecule has 0 radical (unpaired) electrons. The first-order valence-electron chi connectivity index (χ1n) is 5.50. The van der Waals surface area contributed by atoms with Gasteiger partial charge >= 0.3 is 0 Å². The van der Waals surface area contributed by atoms with Crippen molar-refractivity contribution in [2.75, 3.05) is 0 Å². The second-order valence-electron chi connectivity index (χ2n) is 3.95. The highest BCUT2D eigenvalue weighted by Gasteiger charge is 2.20. The first-order chi connectivity index (χ1) is 7.28. The fraction of sp³-hybridized carbons (Fsp3) is 0.800. The maximum atomic E-state index is 5.58. The van der Waals surface area contributed by atoms with E-state index in [0.29, 0.717) is 11.2 Å². The Morgan fingerprint density at radius 1 is 1.53 bits per heavy atom. The molecule has 5 heteroatoms. The summed E-state index contributed by atoms with van der Waals surface area (Å²) in [5.74, 6) is 0. The molecule has 1 aromatic rings. The van der Waals surface area contributed by atoms with Gasteiger partial charge in [-0.25, -0.2) is 0 Å². The first-order valence-corrected chi connectivity index (χ1v) is 6.32. The van der Waals surface area contributed by atoms with E-state index in [-0.39, 0.29) is 6.10 Å². The van der Waals surface area contributed by atoms with Crippen molar-refractivity contribution in [2.24, 2.45) is 0 Å². The fourth-order valence-electron chi connectivity index (χ4n) is 1.13. The van der Waals surface area contributed by atoms with Gasteiger partial charge in [0.2, 0.25) is 0 Å². The minimum absolute atomic E-state index is 0.224. The molecular formula is C10H17N3OS. The van der Waals surface area contributed by atoms with Crippen molar-refractivity contribution in [3.63, 3.8) is 0 Å². The summed E-state index contributed by atoms with van der Waals surface area (Å²) in [4.78, 5) is 0. The molecule has 2 rings (SSSR count). The third-order valence-electron chi connectivity index (χ3n) is 2.44. The van der Waals surface area contributed by atoms with Crippen LogP contribution in [0.3, 0.4) is 0 Å². The van der Waals surface area contributed by atoms with E-state index in [1.165, 1.54) is 24.2 Å². The van der Waals surface area contributed by atoms with E-state index in [1.54, 1.807) is 0 Å². The third kappa shape index (κ3) is 3.43. The van der Waals surface area contributed by atoms with Gasteiger partial charge in [-0.3, -0.25) is 0 Å². The Morgan fingerprint density at radius 2 is 2.33 bits per heavy atom. The van der Waals surface area contributed by atoms with E-state index in [1.807, 2.05) is 6.92 Å². The van der Waals surface area contributed by atoms with Crippen LogP contribution < -0.4 is 10.1 Å². The Bertz CT molecular complexity index is 311. The number of nitrogens with zero attached hydrogens (tertiary/aromatic N) is 2. The zero-order chi connectivity index (χ0) is 10.7. The molecule has 84 valence electrons.